The van der Waals surface area contributed by atoms with Crippen molar-refractivity contribution in [2.45, 2.75) is 31.7 Å². The Balaban J connectivity index is 1.40. The summed E-state index contributed by atoms with van der Waals surface area (Å²) in [6.45, 7) is 0.0856. The summed E-state index contributed by atoms with van der Waals surface area (Å²) in [4.78, 5) is 31.9. The SMILES string of the molecule is O=C(CN(C(=O)C1CC1)C1CC1)Nc1nc(-c2ccccc2)cn1-c1ccccc1. The van der Waals surface area contributed by atoms with E-state index in [1.165, 1.54) is 0 Å². The van der Waals surface area contributed by atoms with E-state index in [1.807, 2.05) is 71.4 Å². The topological polar surface area (TPSA) is 67.2 Å². The lowest BCUT2D eigenvalue weighted by Crippen LogP contribution is -2.40. The molecule has 0 radical (unpaired) electrons. The molecule has 2 aliphatic carbocycles. The molecule has 6 nitrogen and oxygen atoms in total. The molecule has 152 valence electrons. The molecule has 0 atom stereocenters. The predicted octanol–water partition coefficient (Wildman–Crippen LogP) is 3.88. The van der Waals surface area contributed by atoms with Crippen molar-refractivity contribution in [3.05, 3.63) is 66.9 Å². The van der Waals surface area contributed by atoms with Crippen LogP contribution >= 0.6 is 0 Å². The second-order valence-electron chi connectivity index (χ2n) is 8.04. The van der Waals surface area contributed by atoms with Crippen LogP contribution in [0.2, 0.25) is 0 Å². The van der Waals surface area contributed by atoms with Crippen molar-refractivity contribution in [2.75, 3.05) is 11.9 Å². The molecule has 5 rings (SSSR count). The molecule has 1 aromatic heterocycles. The Kier molecular flexibility index (Phi) is 4.83. The van der Waals surface area contributed by atoms with E-state index in [9.17, 15) is 9.59 Å². The van der Waals surface area contributed by atoms with Gasteiger partial charge in [0.15, 0.2) is 0 Å². The molecule has 0 saturated heterocycles. The number of aromatic nitrogens is 2. The van der Waals surface area contributed by atoms with Gasteiger partial charge in [0.2, 0.25) is 17.8 Å². The van der Waals surface area contributed by atoms with Gasteiger partial charge < -0.3 is 4.90 Å². The average molecular weight is 400 g/mol. The summed E-state index contributed by atoms with van der Waals surface area (Å²) in [5.74, 6) is 0.497. The second kappa shape index (κ2) is 7.78. The number of benzene rings is 2. The molecule has 0 spiro atoms. The van der Waals surface area contributed by atoms with Gasteiger partial charge >= 0.3 is 0 Å². The molecular weight excluding hydrogens is 376 g/mol. The first-order valence-corrected chi connectivity index (χ1v) is 10.5. The number of anilines is 1. The minimum atomic E-state index is -0.210. The highest BCUT2D eigenvalue weighted by molar-refractivity contribution is 5.94. The largest absolute Gasteiger partial charge is 0.330 e. The summed E-state index contributed by atoms with van der Waals surface area (Å²) in [6, 6.07) is 19.9. The first-order valence-electron chi connectivity index (χ1n) is 10.5. The smallest absolute Gasteiger partial charge is 0.246 e. The maximum atomic E-state index is 12.9. The number of hydrogen-bond donors (Lipinski definition) is 1. The first kappa shape index (κ1) is 18.6. The van der Waals surface area contributed by atoms with Crippen molar-refractivity contribution in [3.63, 3.8) is 0 Å². The molecule has 0 unspecified atom stereocenters. The Morgan fingerprint density at radius 3 is 2.27 bits per heavy atom. The van der Waals surface area contributed by atoms with Crippen molar-refractivity contribution in [2.24, 2.45) is 5.92 Å². The van der Waals surface area contributed by atoms with E-state index < -0.39 is 0 Å². The fraction of sp³-hybridized carbons (Fsp3) is 0.292. The minimum Gasteiger partial charge on any atom is -0.330 e. The van der Waals surface area contributed by atoms with Crippen molar-refractivity contribution < 1.29 is 9.59 Å². The molecule has 30 heavy (non-hydrogen) atoms. The number of amides is 2. The summed E-state index contributed by atoms with van der Waals surface area (Å²) in [7, 11) is 0. The molecule has 0 bridgehead atoms. The molecule has 2 amide bonds. The van der Waals surface area contributed by atoms with E-state index in [4.69, 9.17) is 0 Å². The molecule has 0 aliphatic heterocycles. The fourth-order valence-corrected chi connectivity index (χ4v) is 3.66. The van der Waals surface area contributed by atoms with E-state index in [0.29, 0.717) is 5.95 Å². The van der Waals surface area contributed by atoms with Crippen molar-refractivity contribution in [1.29, 1.82) is 0 Å². The lowest BCUT2D eigenvalue weighted by Gasteiger charge is -2.21. The van der Waals surface area contributed by atoms with E-state index >= 15 is 0 Å². The third-order valence-electron chi connectivity index (χ3n) is 5.57. The summed E-state index contributed by atoms with van der Waals surface area (Å²) in [6.07, 6.45) is 5.80. The normalized spacial score (nSPS) is 15.6. The van der Waals surface area contributed by atoms with Crippen LogP contribution in [0.5, 0.6) is 0 Å². The lowest BCUT2D eigenvalue weighted by molar-refractivity contribution is -0.136. The van der Waals surface area contributed by atoms with Crippen molar-refractivity contribution >= 4 is 17.8 Å². The van der Waals surface area contributed by atoms with Gasteiger partial charge in [0.1, 0.15) is 6.54 Å². The summed E-state index contributed by atoms with van der Waals surface area (Å²) >= 11 is 0. The maximum absolute atomic E-state index is 12.9. The molecule has 1 N–H and O–H groups in total. The third kappa shape index (κ3) is 3.99. The average Bonchev–Trinajstić information content (AvgIpc) is 3.70. The van der Waals surface area contributed by atoms with Gasteiger partial charge in [0.25, 0.3) is 0 Å². The number of nitrogens with zero attached hydrogens (tertiary/aromatic N) is 3. The van der Waals surface area contributed by atoms with Gasteiger partial charge in [0, 0.05) is 29.4 Å². The number of carbonyl (C=O) groups is 2. The van der Waals surface area contributed by atoms with Gasteiger partial charge in [-0.1, -0.05) is 48.5 Å². The van der Waals surface area contributed by atoms with E-state index in [0.717, 1.165) is 42.6 Å². The highest BCUT2D eigenvalue weighted by Gasteiger charge is 2.40. The maximum Gasteiger partial charge on any atom is 0.246 e. The van der Waals surface area contributed by atoms with Crippen LogP contribution in [-0.2, 0) is 9.59 Å². The molecule has 2 aliphatic rings. The number of para-hydroxylation sites is 1. The summed E-state index contributed by atoms with van der Waals surface area (Å²) in [5, 5.41) is 2.95. The predicted molar refractivity (Wildman–Crippen MR) is 115 cm³/mol. The molecular formula is C24H24N4O2. The number of carbonyl (C=O) groups excluding carboxylic acids is 2. The van der Waals surface area contributed by atoms with Crippen LogP contribution in [0.15, 0.2) is 66.9 Å². The standard InChI is InChI=1S/C24H24N4O2/c29-22(16-27(20-13-14-20)23(30)18-11-12-18)26-24-25-21(17-7-3-1-4-8-17)15-28(24)19-9-5-2-6-10-19/h1-10,15,18,20H,11-14,16H2,(H,25,26,29). The highest BCUT2D eigenvalue weighted by Crippen LogP contribution is 2.36. The van der Waals surface area contributed by atoms with Gasteiger partial charge in [-0.2, -0.15) is 0 Å². The Morgan fingerprint density at radius 1 is 0.967 bits per heavy atom. The van der Waals surface area contributed by atoms with Crippen LogP contribution in [0.1, 0.15) is 25.7 Å². The van der Waals surface area contributed by atoms with Gasteiger partial charge in [-0.05, 0) is 37.8 Å². The number of hydrogen-bond acceptors (Lipinski definition) is 3. The van der Waals surface area contributed by atoms with Crippen LogP contribution in [-0.4, -0.2) is 38.9 Å². The fourth-order valence-electron chi connectivity index (χ4n) is 3.66. The van der Waals surface area contributed by atoms with Gasteiger partial charge in [-0.3, -0.25) is 19.5 Å². The minimum absolute atomic E-state index is 0.0856. The van der Waals surface area contributed by atoms with Gasteiger partial charge in [-0.25, -0.2) is 4.98 Å². The number of rotatable bonds is 7. The van der Waals surface area contributed by atoms with Gasteiger partial charge in [0.05, 0.1) is 5.69 Å². The zero-order valence-electron chi connectivity index (χ0n) is 16.7. The van der Waals surface area contributed by atoms with E-state index in [1.54, 1.807) is 4.90 Å². The molecule has 2 saturated carbocycles. The zero-order chi connectivity index (χ0) is 20.5. The number of nitrogens with one attached hydrogen (secondary N) is 1. The van der Waals surface area contributed by atoms with Crippen LogP contribution in [0.4, 0.5) is 5.95 Å². The summed E-state index contributed by atoms with van der Waals surface area (Å²) in [5.41, 5.74) is 2.67. The quantitative estimate of drug-likeness (QED) is 0.654. The third-order valence-corrected chi connectivity index (χ3v) is 5.57. The molecule has 2 fully saturated rings. The molecule has 3 aromatic rings. The van der Waals surface area contributed by atoms with Gasteiger partial charge in [-0.15, -0.1) is 0 Å². The van der Waals surface area contributed by atoms with Crippen LogP contribution in [0, 0.1) is 5.92 Å². The Hall–Kier alpha value is -3.41. The second-order valence-corrected chi connectivity index (χ2v) is 8.04. The Labute approximate surface area is 175 Å². The molecule has 6 heteroatoms. The van der Waals surface area contributed by atoms with Crippen molar-refractivity contribution in [3.8, 4) is 16.9 Å². The monoisotopic (exact) mass is 400 g/mol. The Bertz CT molecular complexity index is 1050. The Morgan fingerprint density at radius 2 is 1.63 bits per heavy atom. The lowest BCUT2D eigenvalue weighted by atomic mass is 10.2. The number of imidazole rings is 1. The van der Waals surface area contributed by atoms with Crippen LogP contribution in [0.3, 0.4) is 0 Å². The van der Waals surface area contributed by atoms with E-state index in [-0.39, 0.29) is 30.3 Å². The van der Waals surface area contributed by atoms with Crippen molar-refractivity contribution in [1.82, 2.24) is 14.5 Å². The summed E-state index contributed by atoms with van der Waals surface area (Å²) < 4.78 is 1.88. The molecule has 1 heterocycles. The van der Waals surface area contributed by atoms with E-state index in [2.05, 4.69) is 10.3 Å². The zero-order valence-corrected chi connectivity index (χ0v) is 16.7. The van der Waals surface area contributed by atoms with Crippen LogP contribution < -0.4 is 5.32 Å². The molecule has 2 aromatic carbocycles. The van der Waals surface area contributed by atoms with Crippen LogP contribution in [0.25, 0.3) is 16.9 Å². The highest BCUT2D eigenvalue weighted by atomic mass is 16.2. The first-order chi connectivity index (χ1) is 14.7.